The molecule has 0 atom stereocenters. The van der Waals surface area contributed by atoms with Gasteiger partial charge in [0.15, 0.2) is 5.58 Å². The van der Waals surface area contributed by atoms with Gasteiger partial charge in [-0.1, -0.05) is 22.0 Å². The lowest BCUT2D eigenvalue weighted by atomic mass is 10.2. The van der Waals surface area contributed by atoms with Crippen LogP contribution >= 0.6 is 15.9 Å². The molecule has 0 spiro atoms. The third kappa shape index (κ3) is 3.36. The van der Waals surface area contributed by atoms with Gasteiger partial charge in [-0.2, -0.15) is 0 Å². The number of rotatable bonds is 3. The molecule has 0 unspecified atom stereocenters. The second kappa shape index (κ2) is 6.72. The molecule has 6 heteroatoms. The minimum Gasteiger partial charge on any atom is -0.507 e. The number of phenolic OH excluding ortho intramolecular Hbond substituents is 1. The van der Waals surface area contributed by atoms with E-state index < -0.39 is 0 Å². The van der Waals surface area contributed by atoms with E-state index in [1.165, 1.54) is 12.1 Å². The second-order valence-electron chi connectivity index (χ2n) is 5.64. The van der Waals surface area contributed by atoms with Gasteiger partial charge in [0.25, 0.3) is 0 Å². The topological polar surface area (TPSA) is 58.6 Å². The first-order valence-corrected chi connectivity index (χ1v) is 8.57. The number of aromatic nitrogens is 1. The van der Waals surface area contributed by atoms with Gasteiger partial charge in [-0.15, -0.1) is 0 Å². The number of aliphatic imine (C=N–C) groups is 1. The summed E-state index contributed by atoms with van der Waals surface area (Å²) in [6.45, 7) is 0. The van der Waals surface area contributed by atoms with Crippen LogP contribution in [0, 0.1) is 5.82 Å². The highest BCUT2D eigenvalue weighted by Crippen LogP contribution is 2.28. The molecule has 0 saturated heterocycles. The maximum absolute atomic E-state index is 13.4. The molecular weight excluding hydrogens is 399 g/mol. The summed E-state index contributed by atoms with van der Waals surface area (Å²) >= 11 is 3.36. The average molecular weight is 411 g/mol. The van der Waals surface area contributed by atoms with Crippen molar-refractivity contribution in [3.63, 3.8) is 0 Å². The van der Waals surface area contributed by atoms with E-state index in [4.69, 9.17) is 4.42 Å². The summed E-state index contributed by atoms with van der Waals surface area (Å²) in [5.74, 6) is 0.155. The van der Waals surface area contributed by atoms with E-state index >= 15 is 0 Å². The van der Waals surface area contributed by atoms with Crippen molar-refractivity contribution in [3.8, 4) is 17.2 Å². The predicted molar refractivity (Wildman–Crippen MR) is 102 cm³/mol. The highest BCUT2D eigenvalue weighted by Gasteiger charge is 2.09. The Morgan fingerprint density at radius 1 is 1.08 bits per heavy atom. The number of fused-ring (bicyclic) bond motifs is 1. The van der Waals surface area contributed by atoms with Gasteiger partial charge in [0, 0.05) is 21.8 Å². The molecule has 0 fully saturated rings. The van der Waals surface area contributed by atoms with Crippen LogP contribution in [0.25, 0.3) is 22.6 Å². The van der Waals surface area contributed by atoms with Crippen LogP contribution in [-0.2, 0) is 0 Å². The zero-order valence-corrected chi connectivity index (χ0v) is 14.9. The fourth-order valence-corrected chi connectivity index (χ4v) is 2.89. The normalized spacial score (nSPS) is 11.5. The molecule has 0 amide bonds. The molecule has 4 rings (SSSR count). The molecule has 1 aromatic heterocycles. The van der Waals surface area contributed by atoms with Crippen molar-refractivity contribution in [1.29, 1.82) is 0 Å². The van der Waals surface area contributed by atoms with Crippen LogP contribution in [0.4, 0.5) is 10.1 Å². The Morgan fingerprint density at radius 2 is 1.96 bits per heavy atom. The van der Waals surface area contributed by atoms with Gasteiger partial charge < -0.3 is 9.52 Å². The van der Waals surface area contributed by atoms with Crippen molar-refractivity contribution in [3.05, 3.63) is 76.5 Å². The van der Waals surface area contributed by atoms with Gasteiger partial charge in [0.2, 0.25) is 5.89 Å². The van der Waals surface area contributed by atoms with Gasteiger partial charge in [-0.3, -0.25) is 4.99 Å². The zero-order valence-electron chi connectivity index (χ0n) is 13.4. The molecule has 4 nitrogen and oxygen atoms in total. The summed E-state index contributed by atoms with van der Waals surface area (Å²) < 4.78 is 19.9. The Bertz CT molecular complexity index is 1140. The molecule has 1 N–H and O–H groups in total. The Hall–Kier alpha value is -2.99. The number of aromatic hydroxyl groups is 1. The fraction of sp³-hybridized carbons (Fsp3) is 0. The number of benzene rings is 3. The first-order valence-electron chi connectivity index (χ1n) is 7.77. The molecule has 4 aromatic rings. The molecule has 0 saturated carbocycles. The number of nitrogens with zero attached hydrogens (tertiary/aromatic N) is 2. The van der Waals surface area contributed by atoms with E-state index in [1.54, 1.807) is 54.7 Å². The van der Waals surface area contributed by atoms with Crippen LogP contribution in [0.3, 0.4) is 0 Å². The van der Waals surface area contributed by atoms with Crippen LogP contribution in [0.2, 0.25) is 0 Å². The summed E-state index contributed by atoms with van der Waals surface area (Å²) in [7, 11) is 0. The molecule has 128 valence electrons. The molecule has 3 aromatic carbocycles. The average Bonchev–Trinajstić information content (AvgIpc) is 3.06. The highest BCUT2D eigenvalue weighted by atomic mass is 79.9. The molecule has 0 aliphatic rings. The quantitative estimate of drug-likeness (QED) is 0.430. The third-order valence-corrected chi connectivity index (χ3v) is 4.28. The van der Waals surface area contributed by atoms with Crippen molar-refractivity contribution < 1.29 is 13.9 Å². The lowest BCUT2D eigenvalue weighted by Crippen LogP contribution is -1.82. The standard InChI is InChI=1S/C20H12BrFN2O2/c21-14-4-6-18(25)13(8-14)11-23-16-5-7-19-17(10-16)24-20(26-19)12-2-1-3-15(22)9-12/h1-11,25H. The van der Waals surface area contributed by atoms with E-state index in [1.807, 2.05) is 0 Å². The maximum atomic E-state index is 13.4. The van der Waals surface area contributed by atoms with Crippen LogP contribution < -0.4 is 0 Å². The summed E-state index contributed by atoms with van der Waals surface area (Å²) in [6.07, 6.45) is 1.58. The SMILES string of the molecule is Oc1ccc(Br)cc1C=Nc1ccc2oc(-c3cccc(F)c3)nc2c1. The lowest BCUT2D eigenvalue weighted by Gasteiger charge is -1.99. The molecule has 0 bridgehead atoms. The van der Waals surface area contributed by atoms with Gasteiger partial charge in [-0.05, 0) is 54.6 Å². The molecule has 1 heterocycles. The van der Waals surface area contributed by atoms with Crippen LogP contribution in [0.15, 0.2) is 74.5 Å². The van der Waals surface area contributed by atoms with Crippen LogP contribution in [-0.4, -0.2) is 16.3 Å². The summed E-state index contributed by atoms with van der Waals surface area (Å²) in [4.78, 5) is 8.78. The smallest absolute Gasteiger partial charge is 0.227 e. The van der Waals surface area contributed by atoms with Gasteiger partial charge in [-0.25, -0.2) is 9.37 Å². The Labute approximate surface area is 156 Å². The number of phenols is 1. The van der Waals surface area contributed by atoms with Gasteiger partial charge in [0.05, 0.1) is 5.69 Å². The van der Waals surface area contributed by atoms with E-state index in [9.17, 15) is 9.50 Å². The van der Waals surface area contributed by atoms with Crippen molar-refractivity contribution >= 4 is 38.9 Å². The van der Waals surface area contributed by atoms with Gasteiger partial charge in [0.1, 0.15) is 17.1 Å². The molecular formula is C20H12BrFN2O2. The highest BCUT2D eigenvalue weighted by molar-refractivity contribution is 9.10. The first-order chi connectivity index (χ1) is 12.6. The van der Waals surface area contributed by atoms with E-state index in [-0.39, 0.29) is 11.6 Å². The number of oxazole rings is 1. The maximum Gasteiger partial charge on any atom is 0.227 e. The third-order valence-electron chi connectivity index (χ3n) is 3.79. The van der Waals surface area contributed by atoms with E-state index in [0.717, 1.165) is 4.47 Å². The first kappa shape index (κ1) is 16.5. The molecule has 0 aliphatic carbocycles. The van der Waals surface area contributed by atoms with Crippen molar-refractivity contribution in [2.24, 2.45) is 4.99 Å². The zero-order chi connectivity index (χ0) is 18.1. The van der Waals surface area contributed by atoms with Gasteiger partial charge >= 0.3 is 0 Å². The second-order valence-corrected chi connectivity index (χ2v) is 6.56. The summed E-state index contributed by atoms with van der Waals surface area (Å²) in [5, 5.41) is 9.87. The minimum atomic E-state index is -0.344. The molecule has 0 radical (unpaired) electrons. The monoisotopic (exact) mass is 410 g/mol. The van der Waals surface area contributed by atoms with Crippen LogP contribution in [0.1, 0.15) is 5.56 Å². The lowest BCUT2D eigenvalue weighted by molar-refractivity contribution is 0.474. The largest absolute Gasteiger partial charge is 0.507 e. The summed E-state index contributed by atoms with van der Waals surface area (Å²) in [5.41, 5.74) is 3.05. The van der Waals surface area contributed by atoms with E-state index in [0.29, 0.717) is 33.8 Å². The Balaban J connectivity index is 1.67. The predicted octanol–water partition coefficient (Wildman–Crippen LogP) is 5.85. The molecule has 0 aliphatic heterocycles. The van der Waals surface area contributed by atoms with Crippen LogP contribution in [0.5, 0.6) is 5.75 Å². The minimum absolute atomic E-state index is 0.146. The van der Waals surface area contributed by atoms with Crippen molar-refractivity contribution in [1.82, 2.24) is 4.98 Å². The molecule has 26 heavy (non-hydrogen) atoms. The number of hydrogen-bond acceptors (Lipinski definition) is 4. The van der Waals surface area contributed by atoms with Crippen molar-refractivity contribution in [2.45, 2.75) is 0 Å². The summed E-state index contributed by atoms with van der Waals surface area (Å²) in [6, 6.07) is 16.5. The Kier molecular flexibility index (Phi) is 4.26. The number of halogens is 2. The van der Waals surface area contributed by atoms with Crippen molar-refractivity contribution in [2.75, 3.05) is 0 Å². The fourth-order valence-electron chi connectivity index (χ4n) is 2.51. The van der Waals surface area contributed by atoms with E-state index in [2.05, 4.69) is 25.9 Å². The Morgan fingerprint density at radius 3 is 2.81 bits per heavy atom. The number of hydrogen-bond donors (Lipinski definition) is 1.